The number of amides is 2. The highest BCUT2D eigenvalue weighted by molar-refractivity contribution is 7.90. The van der Waals surface area contributed by atoms with Gasteiger partial charge in [0.15, 0.2) is 0 Å². The Kier molecular flexibility index (Phi) is 3.61. The summed E-state index contributed by atoms with van der Waals surface area (Å²) in [6.45, 7) is 1.66. The van der Waals surface area contributed by atoms with Crippen molar-refractivity contribution in [1.82, 2.24) is 14.9 Å². The van der Waals surface area contributed by atoms with Crippen molar-refractivity contribution < 1.29 is 18.0 Å². The second kappa shape index (κ2) is 5.56. The number of piperidine rings is 1. The molecule has 1 atom stereocenters. The first-order valence-corrected chi connectivity index (χ1v) is 9.67. The van der Waals surface area contributed by atoms with Crippen molar-refractivity contribution in [3.63, 3.8) is 0 Å². The van der Waals surface area contributed by atoms with Crippen LogP contribution in [0.3, 0.4) is 0 Å². The predicted molar refractivity (Wildman–Crippen MR) is 86.2 cm³/mol. The Balaban J connectivity index is 1.61. The quantitative estimate of drug-likeness (QED) is 0.827. The van der Waals surface area contributed by atoms with Gasteiger partial charge in [0, 0.05) is 24.2 Å². The molecule has 1 aliphatic carbocycles. The first-order chi connectivity index (χ1) is 11.5. The third kappa shape index (κ3) is 2.50. The molecule has 8 heteroatoms. The summed E-state index contributed by atoms with van der Waals surface area (Å²) >= 11 is 0. The Bertz CT molecular complexity index is 811. The van der Waals surface area contributed by atoms with E-state index in [1.54, 1.807) is 0 Å². The Morgan fingerprint density at radius 1 is 1.25 bits per heavy atom. The topological polar surface area (TPSA) is 95.6 Å². The zero-order chi connectivity index (χ0) is 16.9. The maximum Gasteiger partial charge on any atom is 0.269 e. The van der Waals surface area contributed by atoms with Gasteiger partial charge in [0.2, 0.25) is 0 Å². The molecule has 2 aliphatic heterocycles. The monoisotopic (exact) mass is 349 g/mol. The van der Waals surface area contributed by atoms with Gasteiger partial charge >= 0.3 is 0 Å². The lowest BCUT2D eigenvalue weighted by Gasteiger charge is -2.23. The molecular formula is C16H19N3O4S. The standard InChI is InChI=1S/C16H19N3O4S/c20-15(18-11-2-1-7-17-9-11)10-3-6-13-14(8-10)24(22,23)19(16(13)21)12-4-5-12/h3,6,8,11-12,17H,1-2,4-5,7,9H2,(H,18,20)/t11-/m0/s1. The molecule has 2 heterocycles. The molecule has 128 valence electrons. The second-order valence-electron chi connectivity index (χ2n) is 6.56. The van der Waals surface area contributed by atoms with Crippen LogP contribution in [0.15, 0.2) is 23.1 Å². The zero-order valence-electron chi connectivity index (χ0n) is 13.1. The van der Waals surface area contributed by atoms with Crippen LogP contribution in [0.25, 0.3) is 0 Å². The molecule has 0 radical (unpaired) electrons. The van der Waals surface area contributed by atoms with E-state index in [-0.39, 0.29) is 34.0 Å². The van der Waals surface area contributed by atoms with Crippen molar-refractivity contribution in [3.05, 3.63) is 29.3 Å². The van der Waals surface area contributed by atoms with E-state index in [1.807, 2.05) is 0 Å². The minimum absolute atomic E-state index is 0.0423. The number of carbonyl (C=O) groups is 2. The van der Waals surface area contributed by atoms with Crippen molar-refractivity contribution in [2.24, 2.45) is 0 Å². The Labute approximate surface area is 140 Å². The molecular weight excluding hydrogens is 330 g/mol. The normalized spacial score (nSPS) is 25.4. The van der Waals surface area contributed by atoms with Crippen LogP contribution >= 0.6 is 0 Å². The van der Waals surface area contributed by atoms with Gasteiger partial charge in [-0.3, -0.25) is 9.59 Å². The number of nitrogens with one attached hydrogen (secondary N) is 2. The van der Waals surface area contributed by atoms with E-state index in [0.29, 0.717) is 19.4 Å². The maximum atomic E-state index is 12.6. The Hall–Kier alpha value is -1.93. The van der Waals surface area contributed by atoms with Gasteiger partial charge < -0.3 is 10.6 Å². The van der Waals surface area contributed by atoms with E-state index in [0.717, 1.165) is 23.7 Å². The van der Waals surface area contributed by atoms with Gasteiger partial charge in [0.05, 0.1) is 5.56 Å². The highest BCUT2D eigenvalue weighted by Gasteiger charge is 2.48. The first kappa shape index (κ1) is 15.6. The SMILES string of the molecule is O=C(N[C@H]1CCCNC1)c1ccc2c(c1)S(=O)(=O)N(C1CC1)C2=O. The molecule has 1 aromatic rings. The fourth-order valence-corrected chi connectivity index (χ4v) is 5.14. The first-order valence-electron chi connectivity index (χ1n) is 8.23. The molecule has 1 aromatic carbocycles. The molecule has 0 bridgehead atoms. The summed E-state index contributed by atoms with van der Waals surface area (Å²) in [5.74, 6) is -0.782. The molecule has 1 saturated carbocycles. The average molecular weight is 349 g/mol. The number of rotatable bonds is 3. The molecule has 0 unspecified atom stereocenters. The van der Waals surface area contributed by atoms with E-state index in [4.69, 9.17) is 0 Å². The highest BCUT2D eigenvalue weighted by Crippen LogP contribution is 2.39. The van der Waals surface area contributed by atoms with Crippen LogP contribution in [-0.2, 0) is 10.0 Å². The molecule has 24 heavy (non-hydrogen) atoms. The van der Waals surface area contributed by atoms with Crippen molar-refractivity contribution in [2.75, 3.05) is 13.1 Å². The number of hydrogen-bond donors (Lipinski definition) is 2. The van der Waals surface area contributed by atoms with Crippen molar-refractivity contribution in [1.29, 1.82) is 0 Å². The summed E-state index contributed by atoms with van der Waals surface area (Å²) in [6, 6.07) is 4.12. The minimum Gasteiger partial charge on any atom is -0.348 e. The van der Waals surface area contributed by atoms with E-state index in [2.05, 4.69) is 10.6 Å². The summed E-state index contributed by atoms with van der Waals surface area (Å²) < 4.78 is 26.2. The molecule has 3 aliphatic rings. The smallest absolute Gasteiger partial charge is 0.269 e. The van der Waals surface area contributed by atoms with Gasteiger partial charge in [0.1, 0.15) is 4.90 Å². The highest BCUT2D eigenvalue weighted by atomic mass is 32.2. The van der Waals surface area contributed by atoms with Gasteiger partial charge in [-0.1, -0.05) is 0 Å². The number of fused-ring (bicyclic) bond motifs is 1. The van der Waals surface area contributed by atoms with E-state index in [9.17, 15) is 18.0 Å². The largest absolute Gasteiger partial charge is 0.348 e. The summed E-state index contributed by atoms with van der Waals surface area (Å²) in [7, 11) is -3.83. The second-order valence-corrected chi connectivity index (χ2v) is 8.35. The van der Waals surface area contributed by atoms with E-state index in [1.165, 1.54) is 18.2 Å². The van der Waals surface area contributed by atoms with Gasteiger partial charge in [-0.25, -0.2) is 12.7 Å². The maximum absolute atomic E-state index is 12.6. The van der Waals surface area contributed by atoms with Crippen LogP contribution in [0.1, 0.15) is 46.4 Å². The number of benzene rings is 1. The molecule has 4 rings (SSSR count). The zero-order valence-corrected chi connectivity index (χ0v) is 13.9. The average Bonchev–Trinajstić information content (AvgIpc) is 3.36. The lowest BCUT2D eigenvalue weighted by Crippen LogP contribution is -2.45. The van der Waals surface area contributed by atoms with Crippen LogP contribution in [0.5, 0.6) is 0 Å². The van der Waals surface area contributed by atoms with Gasteiger partial charge in [-0.05, 0) is 50.4 Å². The van der Waals surface area contributed by atoms with Crippen molar-refractivity contribution >= 4 is 21.8 Å². The predicted octanol–water partition coefficient (Wildman–Crippen LogP) is 0.475. The Morgan fingerprint density at radius 3 is 2.71 bits per heavy atom. The van der Waals surface area contributed by atoms with Crippen LogP contribution in [-0.4, -0.2) is 49.7 Å². The molecule has 2 N–H and O–H groups in total. The molecule has 2 amide bonds. The summed E-state index contributed by atoms with van der Waals surface area (Å²) in [4.78, 5) is 24.7. The number of nitrogens with zero attached hydrogens (tertiary/aromatic N) is 1. The van der Waals surface area contributed by atoms with E-state index >= 15 is 0 Å². The summed E-state index contributed by atoms with van der Waals surface area (Å²) in [5.41, 5.74) is 0.436. The minimum atomic E-state index is -3.83. The number of carbonyl (C=O) groups excluding carboxylic acids is 2. The summed E-state index contributed by atoms with van der Waals surface area (Å²) in [5, 5.41) is 6.13. The van der Waals surface area contributed by atoms with Gasteiger partial charge in [-0.15, -0.1) is 0 Å². The molecule has 0 aromatic heterocycles. The molecule has 1 saturated heterocycles. The van der Waals surface area contributed by atoms with Gasteiger partial charge in [0.25, 0.3) is 21.8 Å². The fourth-order valence-electron chi connectivity index (χ4n) is 3.30. The lowest BCUT2D eigenvalue weighted by molar-refractivity contribution is 0.0863. The third-order valence-electron chi connectivity index (χ3n) is 4.72. The van der Waals surface area contributed by atoms with Crippen LogP contribution in [0, 0.1) is 0 Å². The van der Waals surface area contributed by atoms with Crippen LogP contribution in [0.2, 0.25) is 0 Å². The van der Waals surface area contributed by atoms with Crippen LogP contribution < -0.4 is 10.6 Å². The molecule has 2 fully saturated rings. The van der Waals surface area contributed by atoms with Crippen molar-refractivity contribution in [2.45, 2.75) is 42.7 Å². The Morgan fingerprint density at radius 2 is 2.04 bits per heavy atom. The molecule has 7 nitrogen and oxygen atoms in total. The number of sulfonamides is 1. The number of hydrogen-bond acceptors (Lipinski definition) is 5. The fraction of sp³-hybridized carbons (Fsp3) is 0.500. The summed E-state index contributed by atoms with van der Waals surface area (Å²) in [6.07, 6.45) is 3.31. The lowest BCUT2D eigenvalue weighted by atomic mass is 10.1. The van der Waals surface area contributed by atoms with E-state index < -0.39 is 15.9 Å². The van der Waals surface area contributed by atoms with Gasteiger partial charge in [-0.2, -0.15) is 0 Å². The van der Waals surface area contributed by atoms with Crippen LogP contribution in [0.4, 0.5) is 0 Å². The third-order valence-corrected chi connectivity index (χ3v) is 6.60. The molecule has 0 spiro atoms. The van der Waals surface area contributed by atoms with Crippen molar-refractivity contribution in [3.8, 4) is 0 Å².